The number of nitrogens with one attached hydrogen (secondary N) is 1. The fourth-order valence-corrected chi connectivity index (χ4v) is 3.10. The number of benzene rings is 1. The van der Waals surface area contributed by atoms with E-state index in [9.17, 15) is 9.18 Å². The molecule has 1 aromatic carbocycles. The van der Waals surface area contributed by atoms with Gasteiger partial charge in [0.25, 0.3) is 0 Å². The van der Waals surface area contributed by atoms with Crippen molar-refractivity contribution < 1.29 is 9.18 Å². The quantitative estimate of drug-likeness (QED) is 0.343. The number of carbonyl (C=O) groups excluding carboxylic acids is 1. The Balaban J connectivity index is 1.96. The second kappa shape index (κ2) is 8.26. The van der Waals surface area contributed by atoms with Crippen LogP contribution < -0.4 is 5.32 Å². The number of rotatable bonds is 6. The molecule has 3 unspecified atom stereocenters. The van der Waals surface area contributed by atoms with E-state index in [0.717, 1.165) is 25.7 Å². The number of amides is 1. The summed E-state index contributed by atoms with van der Waals surface area (Å²) < 4.78 is 16.0. The minimum atomic E-state index is -0.876. The number of allylic oxidation sites excluding steroid dienone is 3. The second-order valence-electron chi connectivity index (χ2n) is 6.14. The molecule has 2 nitrogen and oxygen atoms in total. The van der Waals surface area contributed by atoms with E-state index in [1.807, 2.05) is 44.2 Å². The Kier molecular flexibility index (Phi) is 6.58. The van der Waals surface area contributed by atoms with Crippen LogP contribution >= 0.6 is 31.9 Å². The van der Waals surface area contributed by atoms with Gasteiger partial charge in [0.15, 0.2) is 0 Å². The van der Waals surface area contributed by atoms with Gasteiger partial charge < -0.3 is 5.32 Å². The summed E-state index contributed by atoms with van der Waals surface area (Å²) in [6.45, 7) is 7.88. The van der Waals surface area contributed by atoms with Gasteiger partial charge in [0.1, 0.15) is 6.17 Å². The molecule has 0 aliphatic heterocycles. The fourth-order valence-electron chi connectivity index (χ4n) is 2.45. The highest BCUT2D eigenvalue weighted by Crippen LogP contribution is 2.52. The van der Waals surface area contributed by atoms with Crippen molar-refractivity contribution in [1.29, 1.82) is 0 Å². The van der Waals surface area contributed by atoms with Crippen LogP contribution in [0.3, 0.4) is 0 Å². The summed E-state index contributed by atoms with van der Waals surface area (Å²) in [5, 5.41) is 2.74. The lowest BCUT2D eigenvalue weighted by molar-refractivity contribution is -0.116. The molecule has 0 bridgehead atoms. The average Bonchev–Trinajstić information content (AvgIpc) is 3.16. The maximum atomic E-state index is 14.1. The molecule has 5 heteroatoms. The smallest absolute Gasteiger partial charge is 0.244 e. The minimum Gasteiger partial charge on any atom is -0.349 e. The molecule has 1 fully saturated rings. The largest absolute Gasteiger partial charge is 0.349 e. The minimum absolute atomic E-state index is 0.115. The number of alkyl halides is 1. The van der Waals surface area contributed by atoms with E-state index in [1.165, 1.54) is 6.08 Å². The van der Waals surface area contributed by atoms with Crippen LogP contribution in [0.25, 0.3) is 0 Å². The highest BCUT2D eigenvalue weighted by molar-refractivity contribution is 9.13. The molecule has 0 spiro atoms. The normalized spacial score (nSPS) is 23.4. The van der Waals surface area contributed by atoms with Gasteiger partial charge in [-0.15, -0.1) is 0 Å². The molecular weight excluding hydrogens is 437 g/mol. The Morgan fingerprint density at radius 3 is 2.67 bits per heavy atom. The van der Waals surface area contributed by atoms with Gasteiger partial charge in [-0.25, -0.2) is 4.39 Å². The SMILES string of the molecule is C=C(C)CNC(=O)C=C(C)C=CC1C(F)C1c1ccc(Br)c(Br)c1. The number of hydrogen-bond acceptors (Lipinski definition) is 1. The highest BCUT2D eigenvalue weighted by Gasteiger charge is 2.50. The maximum absolute atomic E-state index is 14.1. The van der Waals surface area contributed by atoms with Crippen molar-refractivity contribution in [3.8, 4) is 0 Å². The van der Waals surface area contributed by atoms with Gasteiger partial charge in [0, 0.05) is 33.4 Å². The lowest BCUT2D eigenvalue weighted by Crippen LogP contribution is -2.22. The van der Waals surface area contributed by atoms with E-state index in [1.54, 1.807) is 0 Å². The third kappa shape index (κ3) is 5.15. The van der Waals surface area contributed by atoms with Crippen LogP contribution in [0.2, 0.25) is 0 Å². The molecule has 1 saturated carbocycles. The topological polar surface area (TPSA) is 29.1 Å². The van der Waals surface area contributed by atoms with Gasteiger partial charge in [-0.1, -0.05) is 30.4 Å². The molecule has 3 atom stereocenters. The molecule has 1 N–H and O–H groups in total. The molecule has 1 aromatic rings. The van der Waals surface area contributed by atoms with Crippen molar-refractivity contribution in [3.63, 3.8) is 0 Å². The van der Waals surface area contributed by atoms with Crippen molar-refractivity contribution in [2.75, 3.05) is 6.54 Å². The zero-order valence-electron chi connectivity index (χ0n) is 13.7. The third-order valence-corrected chi connectivity index (χ3v) is 5.70. The molecule has 0 heterocycles. The summed E-state index contributed by atoms with van der Waals surface area (Å²) >= 11 is 6.87. The van der Waals surface area contributed by atoms with E-state index in [2.05, 4.69) is 43.8 Å². The highest BCUT2D eigenvalue weighted by atomic mass is 79.9. The first-order valence-corrected chi connectivity index (χ1v) is 9.26. The van der Waals surface area contributed by atoms with Crippen molar-refractivity contribution in [1.82, 2.24) is 5.32 Å². The van der Waals surface area contributed by atoms with E-state index in [-0.39, 0.29) is 17.7 Å². The molecule has 128 valence electrons. The number of hydrogen-bond donors (Lipinski definition) is 1. The van der Waals surface area contributed by atoms with E-state index in [4.69, 9.17) is 0 Å². The van der Waals surface area contributed by atoms with Crippen LogP contribution in [0.4, 0.5) is 4.39 Å². The summed E-state index contributed by atoms with van der Waals surface area (Å²) in [5.41, 5.74) is 2.67. The molecule has 0 radical (unpaired) electrons. The van der Waals surface area contributed by atoms with Crippen LogP contribution in [0.5, 0.6) is 0 Å². The van der Waals surface area contributed by atoms with Gasteiger partial charge in [-0.3, -0.25) is 4.79 Å². The van der Waals surface area contributed by atoms with Gasteiger partial charge in [0.05, 0.1) is 0 Å². The zero-order valence-corrected chi connectivity index (χ0v) is 16.8. The molecule has 0 saturated heterocycles. The summed E-state index contributed by atoms with van der Waals surface area (Å²) in [5.74, 6) is -0.420. The van der Waals surface area contributed by atoms with Crippen LogP contribution in [0, 0.1) is 5.92 Å². The Labute approximate surface area is 159 Å². The Bertz CT molecular complexity index is 711. The monoisotopic (exact) mass is 455 g/mol. The first kappa shape index (κ1) is 19.1. The Hall–Kier alpha value is -1.20. The second-order valence-corrected chi connectivity index (χ2v) is 7.85. The van der Waals surface area contributed by atoms with E-state index < -0.39 is 6.17 Å². The fraction of sp³-hybridized carbons (Fsp3) is 0.316. The molecule has 1 aliphatic carbocycles. The van der Waals surface area contributed by atoms with Crippen LogP contribution in [-0.2, 0) is 4.79 Å². The third-order valence-electron chi connectivity index (χ3n) is 3.82. The number of carbonyl (C=O) groups is 1. The zero-order chi connectivity index (χ0) is 17.9. The molecule has 2 rings (SSSR count). The Morgan fingerprint density at radius 2 is 2.04 bits per heavy atom. The van der Waals surface area contributed by atoms with Crippen molar-refractivity contribution in [3.05, 3.63) is 68.7 Å². The van der Waals surface area contributed by atoms with Crippen molar-refractivity contribution in [2.45, 2.75) is 25.9 Å². The maximum Gasteiger partial charge on any atom is 0.244 e. The van der Waals surface area contributed by atoms with Crippen LogP contribution in [0.1, 0.15) is 25.3 Å². The van der Waals surface area contributed by atoms with Gasteiger partial charge in [-0.05, 0) is 69.0 Å². The predicted octanol–water partition coefficient (Wildman–Crippen LogP) is 5.46. The first-order chi connectivity index (χ1) is 11.3. The summed E-state index contributed by atoms with van der Waals surface area (Å²) in [7, 11) is 0. The number of halogens is 3. The predicted molar refractivity (Wildman–Crippen MR) is 104 cm³/mol. The van der Waals surface area contributed by atoms with Gasteiger partial charge >= 0.3 is 0 Å². The van der Waals surface area contributed by atoms with Crippen molar-refractivity contribution in [2.24, 2.45) is 5.92 Å². The van der Waals surface area contributed by atoms with Crippen molar-refractivity contribution >= 4 is 37.8 Å². The van der Waals surface area contributed by atoms with Gasteiger partial charge in [-0.2, -0.15) is 0 Å². The average molecular weight is 457 g/mol. The molecule has 1 amide bonds. The van der Waals surface area contributed by atoms with E-state index >= 15 is 0 Å². The van der Waals surface area contributed by atoms with Gasteiger partial charge in [0.2, 0.25) is 5.91 Å². The van der Waals surface area contributed by atoms with Crippen LogP contribution in [0.15, 0.2) is 63.1 Å². The lowest BCUT2D eigenvalue weighted by atomic mass is 10.1. The molecule has 0 aromatic heterocycles. The summed E-state index contributed by atoms with van der Waals surface area (Å²) in [4.78, 5) is 11.7. The standard InChI is InChI=1S/C19H20Br2FNO/c1-11(2)10-23-17(24)8-12(3)4-6-14-18(19(14)22)13-5-7-15(20)16(21)9-13/h4-9,14,18-19H,1,10H2,2-3H3,(H,23,24). The summed E-state index contributed by atoms with van der Waals surface area (Å²) in [6, 6.07) is 5.80. The molecule has 1 aliphatic rings. The van der Waals surface area contributed by atoms with Crippen LogP contribution in [-0.4, -0.2) is 18.6 Å². The van der Waals surface area contributed by atoms with E-state index in [0.29, 0.717) is 6.54 Å². The molecular formula is C19H20Br2FNO. The first-order valence-electron chi connectivity index (χ1n) is 7.67. The summed E-state index contributed by atoms with van der Waals surface area (Å²) in [6.07, 6.45) is 4.30. The Morgan fingerprint density at radius 1 is 1.33 bits per heavy atom. The lowest BCUT2D eigenvalue weighted by Gasteiger charge is -2.01. The molecule has 24 heavy (non-hydrogen) atoms.